The second-order valence-electron chi connectivity index (χ2n) is 4.33. The van der Waals surface area contributed by atoms with Crippen molar-refractivity contribution in [1.29, 1.82) is 0 Å². The van der Waals surface area contributed by atoms with Crippen molar-refractivity contribution in [2.45, 2.75) is 39.8 Å². The van der Waals surface area contributed by atoms with Gasteiger partial charge in [-0.15, -0.1) is 0 Å². The number of hydrogen-bond donors (Lipinski definition) is 1. The summed E-state index contributed by atoms with van der Waals surface area (Å²) in [6.45, 7) is 8.09. The highest BCUT2D eigenvalue weighted by Gasteiger charge is 2.07. The molecule has 3 nitrogen and oxygen atoms in total. The van der Waals surface area contributed by atoms with Crippen LogP contribution >= 0.6 is 0 Å². The van der Waals surface area contributed by atoms with Crippen LogP contribution in [-0.2, 0) is 6.54 Å². The van der Waals surface area contributed by atoms with E-state index in [4.69, 9.17) is 9.47 Å². The Kier molecular flexibility index (Phi) is 5.84. The number of nitrogens with one attached hydrogen (secondary N) is 1. The summed E-state index contributed by atoms with van der Waals surface area (Å²) in [4.78, 5) is 0. The summed E-state index contributed by atoms with van der Waals surface area (Å²) < 4.78 is 11.0. The smallest absolute Gasteiger partial charge is 0.161 e. The fourth-order valence-electron chi connectivity index (χ4n) is 1.59. The lowest BCUT2D eigenvalue weighted by Crippen LogP contribution is -2.14. The second-order valence-corrected chi connectivity index (χ2v) is 4.33. The minimum atomic E-state index is 0.155. The van der Waals surface area contributed by atoms with Crippen molar-refractivity contribution in [2.24, 2.45) is 0 Å². The van der Waals surface area contributed by atoms with Gasteiger partial charge in [-0.2, -0.15) is 0 Å². The predicted octanol–water partition coefficient (Wildman–Crippen LogP) is 2.98. The molecule has 0 saturated carbocycles. The Balaban J connectivity index is 2.73. The summed E-state index contributed by atoms with van der Waals surface area (Å²) in [7, 11) is 1.66. The maximum Gasteiger partial charge on any atom is 0.161 e. The number of ether oxygens (including phenoxy) is 2. The molecule has 0 aliphatic carbocycles. The van der Waals surface area contributed by atoms with Gasteiger partial charge in [-0.05, 0) is 44.5 Å². The Bertz CT molecular complexity index is 337. The van der Waals surface area contributed by atoms with Gasteiger partial charge >= 0.3 is 0 Å². The minimum absolute atomic E-state index is 0.155. The molecule has 0 radical (unpaired) electrons. The van der Waals surface area contributed by atoms with E-state index in [0.29, 0.717) is 0 Å². The first-order valence-electron chi connectivity index (χ1n) is 6.21. The van der Waals surface area contributed by atoms with Crippen LogP contribution in [0.5, 0.6) is 11.5 Å². The molecule has 0 atom stereocenters. The minimum Gasteiger partial charge on any atom is -0.493 e. The molecule has 0 spiro atoms. The Morgan fingerprint density at radius 1 is 1.24 bits per heavy atom. The van der Waals surface area contributed by atoms with Gasteiger partial charge in [0.2, 0.25) is 0 Å². The SMILES string of the molecule is CCCNCc1ccc(OC)c(OC(C)C)c1. The highest BCUT2D eigenvalue weighted by molar-refractivity contribution is 5.43. The Labute approximate surface area is 104 Å². The van der Waals surface area contributed by atoms with Crippen molar-refractivity contribution in [3.8, 4) is 11.5 Å². The van der Waals surface area contributed by atoms with E-state index in [-0.39, 0.29) is 6.10 Å². The average molecular weight is 237 g/mol. The van der Waals surface area contributed by atoms with Crippen LogP contribution in [0, 0.1) is 0 Å². The summed E-state index contributed by atoms with van der Waals surface area (Å²) in [5.41, 5.74) is 1.22. The van der Waals surface area contributed by atoms with Crippen LogP contribution in [0.15, 0.2) is 18.2 Å². The molecular formula is C14H23NO2. The third-order valence-corrected chi connectivity index (χ3v) is 2.35. The molecule has 0 heterocycles. The molecule has 0 aromatic heterocycles. The van der Waals surface area contributed by atoms with E-state index in [9.17, 15) is 0 Å². The van der Waals surface area contributed by atoms with Crippen molar-refractivity contribution >= 4 is 0 Å². The van der Waals surface area contributed by atoms with Crippen LogP contribution in [0.25, 0.3) is 0 Å². The van der Waals surface area contributed by atoms with E-state index >= 15 is 0 Å². The molecule has 1 aromatic carbocycles. The van der Waals surface area contributed by atoms with Gasteiger partial charge in [-0.3, -0.25) is 0 Å². The zero-order chi connectivity index (χ0) is 12.7. The first-order valence-corrected chi connectivity index (χ1v) is 6.21. The van der Waals surface area contributed by atoms with Crippen molar-refractivity contribution in [3.63, 3.8) is 0 Å². The normalized spacial score (nSPS) is 10.6. The van der Waals surface area contributed by atoms with Crippen LogP contribution in [0.1, 0.15) is 32.8 Å². The first-order chi connectivity index (χ1) is 8.17. The molecule has 3 heteroatoms. The van der Waals surface area contributed by atoms with Crippen LogP contribution in [0.4, 0.5) is 0 Å². The van der Waals surface area contributed by atoms with Gasteiger partial charge < -0.3 is 14.8 Å². The molecule has 1 N–H and O–H groups in total. The molecule has 1 aromatic rings. The summed E-state index contributed by atoms with van der Waals surface area (Å²) in [6, 6.07) is 6.07. The topological polar surface area (TPSA) is 30.5 Å². The zero-order valence-corrected chi connectivity index (χ0v) is 11.2. The fourth-order valence-corrected chi connectivity index (χ4v) is 1.59. The van der Waals surface area contributed by atoms with Gasteiger partial charge in [0.15, 0.2) is 11.5 Å². The lowest BCUT2D eigenvalue weighted by atomic mass is 10.2. The predicted molar refractivity (Wildman–Crippen MR) is 70.8 cm³/mol. The maximum absolute atomic E-state index is 5.73. The van der Waals surface area contributed by atoms with E-state index < -0.39 is 0 Å². The molecular weight excluding hydrogens is 214 g/mol. The average Bonchev–Trinajstić information content (AvgIpc) is 2.29. The third kappa shape index (κ3) is 4.65. The Morgan fingerprint density at radius 2 is 2.00 bits per heavy atom. The summed E-state index contributed by atoms with van der Waals surface area (Å²) in [5.74, 6) is 1.61. The van der Waals surface area contributed by atoms with Gasteiger partial charge in [-0.25, -0.2) is 0 Å². The maximum atomic E-state index is 5.73. The van der Waals surface area contributed by atoms with Crippen molar-refractivity contribution in [1.82, 2.24) is 5.32 Å². The molecule has 1 rings (SSSR count). The largest absolute Gasteiger partial charge is 0.493 e. The monoisotopic (exact) mass is 237 g/mol. The van der Waals surface area contributed by atoms with E-state index in [1.807, 2.05) is 26.0 Å². The Hall–Kier alpha value is -1.22. The van der Waals surface area contributed by atoms with Gasteiger partial charge in [-0.1, -0.05) is 13.0 Å². The standard InChI is InChI=1S/C14H23NO2/c1-5-8-15-10-12-6-7-13(16-4)14(9-12)17-11(2)3/h6-7,9,11,15H,5,8,10H2,1-4H3. The van der Waals surface area contributed by atoms with Crippen LogP contribution in [0.2, 0.25) is 0 Å². The fraction of sp³-hybridized carbons (Fsp3) is 0.571. The van der Waals surface area contributed by atoms with Crippen LogP contribution in [-0.4, -0.2) is 19.8 Å². The quantitative estimate of drug-likeness (QED) is 0.740. The number of hydrogen-bond acceptors (Lipinski definition) is 3. The first kappa shape index (κ1) is 13.8. The van der Waals surface area contributed by atoms with Gasteiger partial charge in [0.25, 0.3) is 0 Å². The number of methoxy groups -OCH3 is 1. The molecule has 0 aliphatic rings. The van der Waals surface area contributed by atoms with E-state index in [2.05, 4.69) is 18.3 Å². The summed E-state index contributed by atoms with van der Waals surface area (Å²) >= 11 is 0. The molecule has 17 heavy (non-hydrogen) atoms. The van der Waals surface area contributed by atoms with Gasteiger partial charge in [0, 0.05) is 6.54 Å². The molecule has 0 amide bonds. The highest BCUT2D eigenvalue weighted by atomic mass is 16.5. The van der Waals surface area contributed by atoms with Crippen LogP contribution < -0.4 is 14.8 Å². The second kappa shape index (κ2) is 7.17. The van der Waals surface area contributed by atoms with Crippen LogP contribution in [0.3, 0.4) is 0 Å². The van der Waals surface area contributed by atoms with Crippen molar-refractivity contribution < 1.29 is 9.47 Å². The van der Waals surface area contributed by atoms with Crippen molar-refractivity contribution in [2.75, 3.05) is 13.7 Å². The molecule has 0 aliphatic heterocycles. The Morgan fingerprint density at radius 3 is 2.59 bits per heavy atom. The molecule has 0 saturated heterocycles. The van der Waals surface area contributed by atoms with E-state index in [1.165, 1.54) is 5.56 Å². The highest BCUT2D eigenvalue weighted by Crippen LogP contribution is 2.28. The van der Waals surface area contributed by atoms with Crippen molar-refractivity contribution in [3.05, 3.63) is 23.8 Å². The number of rotatable bonds is 7. The third-order valence-electron chi connectivity index (χ3n) is 2.35. The summed E-state index contributed by atoms with van der Waals surface area (Å²) in [6.07, 6.45) is 1.30. The molecule has 96 valence electrons. The molecule has 0 bridgehead atoms. The zero-order valence-electron chi connectivity index (χ0n) is 11.2. The lowest BCUT2D eigenvalue weighted by Gasteiger charge is -2.15. The lowest BCUT2D eigenvalue weighted by molar-refractivity contribution is 0.230. The van der Waals surface area contributed by atoms with E-state index in [1.54, 1.807) is 7.11 Å². The van der Waals surface area contributed by atoms with Gasteiger partial charge in [0.05, 0.1) is 13.2 Å². The number of benzene rings is 1. The summed E-state index contributed by atoms with van der Waals surface area (Å²) in [5, 5.41) is 3.37. The molecule has 0 unspecified atom stereocenters. The van der Waals surface area contributed by atoms with E-state index in [0.717, 1.165) is 31.0 Å². The van der Waals surface area contributed by atoms with Gasteiger partial charge in [0.1, 0.15) is 0 Å². The molecule has 0 fully saturated rings.